The molecule has 9 rings (SSSR count). The van der Waals surface area contributed by atoms with E-state index in [0.29, 0.717) is 75.3 Å². The summed E-state index contributed by atoms with van der Waals surface area (Å²) >= 11 is 29.4. The van der Waals surface area contributed by atoms with Crippen molar-refractivity contribution in [3.63, 3.8) is 0 Å². The molecule has 4 aromatic carbocycles. The van der Waals surface area contributed by atoms with Crippen LogP contribution in [-0.4, -0.2) is 189 Å². The van der Waals surface area contributed by atoms with Gasteiger partial charge in [-0.15, -0.1) is 6.42 Å². The summed E-state index contributed by atoms with van der Waals surface area (Å²) in [4.78, 5) is 121. The zero-order valence-corrected chi connectivity index (χ0v) is 69.5. The van der Waals surface area contributed by atoms with Crippen molar-refractivity contribution < 1.29 is 106 Å². The summed E-state index contributed by atoms with van der Waals surface area (Å²) < 4.78 is 51.1. The number of carboxylic acid groups (broad SMARTS) is 1. The summed E-state index contributed by atoms with van der Waals surface area (Å²) in [6.07, 6.45) is 12.0. The van der Waals surface area contributed by atoms with Crippen molar-refractivity contribution in [2.24, 2.45) is 0 Å². The number of methoxy groups -OCH3 is 6. The number of ketones is 1. The normalized spacial score (nSPS) is 9.53. The zero-order chi connectivity index (χ0) is 86.9. The van der Waals surface area contributed by atoms with Gasteiger partial charge in [0.15, 0.2) is 45.7 Å². The Morgan fingerprint density at radius 2 is 0.661 bits per heavy atom. The monoisotopic (exact) mass is 1820 g/mol. The van der Waals surface area contributed by atoms with E-state index < -0.39 is 47.5 Å². The molecule has 614 valence electrons. The number of aromatic hydroxyl groups is 2. The van der Waals surface area contributed by atoms with Gasteiger partial charge in [-0.05, 0) is 166 Å². The third-order valence-corrected chi connectivity index (χ3v) is 15.4. The van der Waals surface area contributed by atoms with Crippen LogP contribution in [0.2, 0.25) is 20.1 Å². The Balaban J connectivity index is 0.000000306. The Hall–Kier alpha value is -13.4. The van der Waals surface area contributed by atoms with Gasteiger partial charge in [-0.25, -0.2) is 29.7 Å². The van der Waals surface area contributed by atoms with E-state index in [2.05, 4.69) is 134 Å². The molecule has 0 spiro atoms. The lowest BCUT2D eigenvalue weighted by atomic mass is 10.2. The van der Waals surface area contributed by atoms with E-state index in [0.717, 1.165) is 5.75 Å². The molecule has 9 aromatic rings. The lowest BCUT2D eigenvalue weighted by Crippen LogP contribution is -2.31. The number of carbonyl (C=O) groups is 9. The third-order valence-electron chi connectivity index (χ3n) is 13.5. The van der Waals surface area contributed by atoms with E-state index >= 15 is 0 Å². The molecule has 5 heterocycles. The quantitative estimate of drug-likeness (QED) is 0.0168. The fraction of sp³-hybridized carbons (Fsp3) is 0.185. The molecule has 0 radical (unpaired) electrons. The number of carboxylic acids is 1. The SMILES string of the molecule is C#CCOc1ccc(Cl)cc1.CC(=O)CNC(=O)c1ncc(C#CCOc2ccc(Cl)cc2)cc1O.COC(=O)CNC(=O)c1ncc(Br)cc1OC.COC(=O)CNC(=O)c1ncc(C#CCOc2ccc(Cl)cc2)cc1O.COC(=O)CNC(=O)c1ncc(C#CCOc2ccc(Cl)cc2)cc1OC.COc1cc(Br)cnc1C(=O)O. The van der Waals surface area contributed by atoms with Crippen molar-refractivity contribution in [3.05, 3.63) is 233 Å². The zero-order valence-electron chi connectivity index (χ0n) is 63.3. The van der Waals surface area contributed by atoms with Crippen molar-refractivity contribution in [1.82, 2.24) is 46.2 Å². The van der Waals surface area contributed by atoms with Crippen molar-refractivity contribution in [1.29, 1.82) is 0 Å². The summed E-state index contributed by atoms with van der Waals surface area (Å²) in [5, 5.41) is 40.3. The largest absolute Gasteiger partial charge is 0.505 e. The van der Waals surface area contributed by atoms with E-state index in [1.54, 1.807) is 115 Å². The number of nitrogens with one attached hydrogen (secondary N) is 4. The first-order valence-corrected chi connectivity index (χ1v) is 36.4. The summed E-state index contributed by atoms with van der Waals surface area (Å²) in [5.74, 6) is 16.6. The first-order valence-electron chi connectivity index (χ1n) is 33.3. The van der Waals surface area contributed by atoms with E-state index in [-0.39, 0.29) is 103 Å². The van der Waals surface area contributed by atoms with E-state index in [1.807, 2.05) is 0 Å². The smallest absolute Gasteiger partial charge is 0.358 e. The summed E-state index contributed by atoms with van der Waals surface area (Å²) in [5.41, 5.74) is 1.09. The maximum Gasteiger partial charge on any atom is 0.358 e. The maximum atomic E-state index is 12.1. The van der Waals surface area contributed by atoms with Gasteiger partial charge in [0.25, 0.3) is 23.6 Å². The standard InChI is InChI=1S/C19H17ClN2O5.C18H15ClN2O5.C18H15ClN2O4.C10H11BrN2O4.C9H7ClO.C7H6BrNO3/c1-25-16-10-13(4-3-9-27-15-7-5-14(20)6-8-15)11-21-18(16)19(24)22-12-17(23)26-2;1-25-16(23)11-21-18(24)17-15(22)9-12(10-20-17)3-2-8-26-14-6-4-13(19)5-7-14;1-12(22)10-21-18(24)17-16(23)9-13(11-20-17)3-2-8-25-15-6-4-14(19)5-7-15;1-16-7-3-6(11)4-12-9(7)10(15)13-5-8(14)17-2;1-2-7-11-9-5-3-8(10)4-6-9;1-12-5-2-4(8)3-9-6(5)7(10)11/h5-8,10-11H,9,12H2,1-2H3,(H,22,24);4-7,9-10,22H,8,11H2,1H3,(H,21,24);4-7,9,11,23H,8,10H2,1H3,(H,21,24);3-4H,5H2,1-2H3,(H,13,15);1,3-6H,7H2;2-3H,1H3,(H,10,11). The minimum atomic E-state index is -1.10. The van der Waals surface area contributed by atoms with Crippen LogP contribution in [0.5, 0.6) is 51.7 Å². The van der Waals surface area contributed by atoms with Gasteiger partial charge in [0.2, 0.25) is 0 Å². The van der Waals surface area contributed by atoms with Crippen LogP contribution in [0.3, 0.4) is 0 Å². The van der Waals surface area contributed by atoms with Crippen LogP contribution in [0.15, 0.2) is 167 Å². The molecule has 0 aliphatic rings. The van der Waals surface area contributed by atoms with Crippen molar-refractivity contribution in [3.8, 4) is 99.6 Å². The number of carbonyl (C=O) groups excluding carboxylic acids is 8. The van der Waals surface area contributed by atoms with Crippen molar-refractivity contribution >= 4 is 132 Å². The lowest BCUT2D eigenvalue weighted by molar-refractivity contribution is -0.140. The molecule has 0 unspecified atom stereocenters. The van der Waals surface area contributed by atoms with Gasteiger partial charge in [-0.3, -0.25) is 38.4 Å². The molecule has 31 nitrogen and oxygen atoms in total. The molecule has 0 aliphatic heterocycles. The Labute approximate surface area is 713 Å². The summed E-state index contributed by atoms with van der Waals surface area (Å²) in [7, 11) is 7.92. The number of aromatic nitrogens is 5. The highest BCUT2D eigenvalue weighted by Gasteiger charge is 2.20. The third kappa shape index (κ3) is 37.3. The Morgan fingerprint density at radius 3 is 0.958 bits per heavy atom. The molecule has 0 aliphatic carbocycles. The second-order valence-electron chi connectivity index (χ2n) is 21.9. The molecule has 0 saturated carbocycles. The van der Waals surface area contributed by atoms with Crippen LogP contribution in [-0.2, 0) is 33.4 Å². The first-order chi connectivity index (χ1) is 56.5. The molecule has 118 heavy (non-hydrogen) atoms. The number of aromatic carboxylic acids is 1. The topological polar surface area (TPSA) is 419 Å². The molecule has 0 fully saturated rings. The van der Waals surface area contributed by atoms with E-state index in [9.17, 15) is 53.4 Å². The van der Waals surface area contributed by atoms with Gasteiger partial charge in [-0.2, -0.15) is 0 Å². The lowest BCUT2D eigenvalue weighted by Gasteiger charge is -2.08. The Morgan fingerprint density at radius 1 is 0.390 bits per heavy atom. The minimum absolute atomic E-state index is 0.0457. The van der Waals surface area contributed by atoms with Gasteiger partial charge in [0.1, 0.15) is 86.3 Å². The molecule has 37 heteroatoms. The summed E-state index contributed by atoms with van der Waals surface area (Å²) in [6, 6.07) is 35.1. The number of hydrogen-bond acceptors (Lipinski definition) is 26. The Kier molecular flexibility index (Phi) is 44.1. The number of pyridine rings is 5. The number of ether oxygens (including phenoxy) is 10. The maximum absolute atomic E-state index is 12.1. The Bertz CT molecular complexity index is 5170. The highest BCUT2D eigenvalue weighted by atomic mass is 79.9. The van der Waals surface area contributed by atoms with Gasteiger partial charge in [0.05, 0.1) is 49.2 Å². The fourth-order valence-electron chi connectivity index (χ4n) is 7.95. The molecule has 0 bridgehead atoms. The average Bonchev–Trinajstić information content (AvgIpc) is 0.856. The molecule has 4 amide bonds. The van der Waals surface area contributed by atoms with Crippen LogP contribution < -0.4 is 54.4 Å². The van der Waals surface area contributed by atoms with Crippen LogP contribution in [0.25, 0.3) is 0 Å². The summed E-state index contributed by atoms with van der Waals surface area (Å²) in [6.45, 7) is 1.17. The predicted octanol–water partition coefficient (Wildman–Crippen LogP) is 10.7. The van der Waals surface area contributed by atoms with E-state index in [4.69, 9.17) is 91.1 Å². The average molecular weight is 1820 g/mol. The van der Waals surface area contributed by atoms with Gasteiger partial charge >= 0.3 is 23.9 Å². The number of halogens is 6. The predicted molar refractivity (Wildman–Crippen MR) is 440 cm³/mol. The molecule has 0 saturated heterocycles. The van der Waals surface area contributed by atoms with Crippen LogP contribution in [0, 0.1) is 47.9 Å². The molecule has 5 aromatic heterocycles. The van der Waals surface area contributed by atoms with Gasteiger partial charge in [0, 0.05) is 76.7 Å². The van der Waals surface area contributed by atoms with Crippen LogP contribution >= 0.6 is 78.3 Å². The fourth-order valence-corrected chi connectivity index (χ4v) is 9.07. The number of esters is 3. The minimum Gasteiger partial charge on any atom is -0.505 e. The highest BCUT2D eigenvalue weighted by molar-refractivity contribution is 9.10. The number of terminal acetylenes is 1. The van der Waals surface area contributed by atoms with Crippen LogP contribution in [0.1, 0.15) is 76.1 Å². The highest BCUT2D eigenvalue weighted by Crippen LogP contribution is 2.25. The van der Waals surface area contributed by atoms with E-state index in [1.165, 1.54) is 92.7 Å². The van der Waals surface area contributed by atoms with Gasteiger partial charge < -0.3 is 84.0 Å². The molecule has 0 atom stereocenters. The molecular weight excluding hydrogens is 1750 g/mol. The van der Waals surface area contributed by atoms with Crippen molar-refractivity contribution in [2.75, 3.05) is 95.3 Å². The number of amides is 4. The van der Waals surface area contributed by atoms with Gasteiger partial charge in [-0.1, -0.05) is 87.8 Å². The number of nitrogens with zero attached hydrogens (tertiary/aromatic N) is 5. The second-order valence-corrected chi connectivity index (χ2v) is 25.5. The number of hydrogen-bond donors (Lipinski definition) is 7. The van der Waals surface area contributed by atoms with Crippen molar-refractivity contribution in [2.45, 2.75) is 6.92 Å². The molecular formula is C81H71Br2Cl4N9O22. The first kappa shape index (κ1) is 97.0. The number of Topliss-reactive ketones (excluding diaryl/α,β-unsaturated/α-hetero) is 1. The number of benzene rings is 4. The van der Waals surface area contributed by atoms with Crippen LogP contribution in [0.4, 0.5) is 0 Å². The number of rotatable bonds is 24. The molecule has 7 N–H and O–H groups in total. The second kappa shape index (κ2) is 53.6.